The molecule has 0 spiro atoms. The number of ether oxygens (including phenoxy) is 2. The van der Waals surface area contributed by atoms with E-state index in [1.807, 2.05) is 30.3 Å². The lowest BCUT2D eigenvalue weighted by Gasteiger charge is -2.26. The summed E-state index contributed by atoms with van der Waals surface area (Å²) in [7, 11) is 0. The molecule has 0 unspecified atom stereocenters. The number of carboxylic acids is 1. The third kappa shape index (κ3) is 3.42. The van der Waals surface area contributed by atoms with E-state index in [4.69, 9.17) is 14.5 Å². The van der Waals surface area contributed by atoms with Crippen molar-refractivity contribution in [1.82, 2.24) is 14.9 Å². The van der Waals surface area contributed by atoms with Crippen molar-refractivity contribution in [1.29, 1.82) is 0 Å². The van der Waals surface area contributed by atoms with Crippen LogP contribution in [0.15, 0.2) is 48.5 Å². The van der Waals surface area contributed by atoms with Crippen LogP contribution < -0.4 is 4.74 Å². The first-order valence-corrected chi connectivity index (χ1v) is 9.99. The van der Waals surface area contributed by atoms with Gasteiger partial charge in [0.25, 0.3) is 0 Å². The van der Waals surface area contributed by atoms with Crippen LogP contribution in [0.1, 0.15) is 10.4 Å². The molecule has 1 aromatic heterocycles. The molecule has 3 aromatic carbocycles. The molecule has 1 aliphatic heterocycles. The molecule has 5 rings (SSSR count). The van der Waals surface area contributed by atoms with Crippen LogP contribution in [-0.2, 0) is 4.74 Å². The van der Waals surface area contributed by atoms with Gasteiger partial charge in [-0.3, -0.25) is 4.90 Å². The van der Waals surface area contributed by atoms with E-state index < -0.39 is 5.97 Å². The molecular weight excluding hydrogens is 382 g/mol. The van der Waals surface area contributed by atoms with Crippen molar-refractivity contribution in [3.05, 3.63) is 54.1 Å². The predicted molar refractivity (Wildman–Crippen MR) is 114 cm³/mol. The number of hydrogen-bond acceptors (Lipinski definition) is 6. The molecule has 4 aromatic rings. The summed E-state index contributed by atoms with van der Waals surface area (Å²) in [5.41, 5.74) is 2.51. The monoisotopic (exact) mass is 403 g/mol. The Labute approximate surface area is 172 Å². The van der Waals surface area contributed by atoms with E-state index in [-0.39, 0.29) is 5.56 Å². The van der Waals surface area contributed by atoms with Gasteiger partial charge in [-0.05, 0) is 30.3 Å². The fourth-order valence-corrected chi connectivity index (χ4v) is 3.90. The summed E-state index contributed by atoms with van der Waals surface area (Å²) in [5.74, 6) is -0.224. The average Bonchev–Trinajstić information content (AvgIpc) is 2.78. The molecule has 1 saturated heterocycles. The van der Waals surface area contributed by atoms with Gasteiger partial charge in [0.05, 0.1) is 35.3 Å². The van der Waals surface area contributed by atoms with E-state index in [2.05, 4.69) is 9.88 Å². The zero-order valence-corrected chi connectivity index (χ0v) is 16.4. The highest BCUT2D eigenvalue weighted by atomic mass is 16.5. The summed E-state index contributed by atoms with van der Waals surface area (Å²) in [6.07, 6.45) is 0. The maximum absolute atomic E-state index is 11.6. The van der Waals surface area contributed by atoms with Crippen molar-refractivity contribution in [2.45, 2.75) is 0 Å². The average molecular weight is 403 g/mol. The van der Waals surface area contributed by atoms with E-state index in [0.29, 0.717) is 23.2 Å². The SMILES string of the molecule is O=C(O)c1cccc2nc3ccc4c(OCCN5CCOCC5)cccc4c3nc12. The van der Waals surface area contributed by atoms with Gasteiger partial charge >= 0.3 is 5.97 Å². The third-order valence-corrected chi connectivity index (χ3v) is 5.45. The first-order valence-electron chi connectivity index (χ1n) is 9.99. The van der Waals surface area contributed by atoms with Crippen LogP contribution in [0.3, 0.4) is 0 Å². The van der Waals surface area contributed by atoms with Gasteiger partial charge in [0, 0.05) is 30.4 Å². The van der Waals surface area contributed by atoms with Gasteiger partial charge in [-0.2, -0.15) is 0 Å². The third-order valence-electron chi connectivity index (χ3n) is 5.45. The van der Waals surface area contributed by atoms with Crippen molar-refractivity contribution in [2.24, 2.45) is 0 Å². The van der Waals surface area contributed by atoms with Crippen molar-refractivity contribution in [2.75, 3.05) is 39.5 Å². The molecule has 2 heterocycles. The fourth-order valence-electron chi connectivity index (χ4n) is 3.90. The molecular formula is C23H21N3O4. The summed E-state index contributed by atoms with van der Waals surface area (Å²) >= 11 is 0. The van der Waals surface area contributed by atoms with Gasteiger partial charge in [0.1, 0.15) is 17.9 Å². The molecule has 7 heteroatoms. The Morgan fingerprint density at radius 2 is 1.77 bits per heavy atom. The van der Waals surface area contributed by atoms with Crippen LogP contribution in [0.4, 0.5) is 0 Å². The van der Waals surface area contributed by atoms with Gasteiger partial charge in [-0.15, -0.1) is 0 Å². The van der Waals surface area contributed by atoms with Crippen LogP contribution in [0, 0.1) is 0 Å². The number of para-hydroxylation sites is 1. The van der Waals surface area contributed by atoms with Crippen molar-refractivity contribution >= 4 is 38.8 Å². The Morgan fingerprint density at radius 3 is 2.60 bits per heavy atom. The number of aromatic carboxylic acids is 1. The van der Waals surface area contributed by atoms with Crippen LogP contribution in [0.25, 0.3) is 32.8 Å². The number of aromatic nitrogens is 2. The lowest BCUT2D eigenvalue weighted by molar-refractivity contribution is 0.0323. The van der Waals surface area contributed by atoms with Crippen molar-refractivity contribution < 1.29 is 19.4 Å². The highest BCUT2D eigenvalue weighted by Crippen LogP contribution is 2.31. The molecule has 7 nitrogen and oxygen atoms in total. The lowest BCUT2D eigenvalue weighted by Crippen LogP contribution is -2.38. The number of fused-ring (bicyclic) bond motifs is 4. The van der Waals surface area contributed by atoms with E-state index >= 15 is 0 Å². The second kappa shape index (κ2) is 7.85. The predicted octanol–water partition coefficient (Wildman–Crippen LogP) is 3.35. The Morgan fingerprint density at radius 1 is 0.967 bits per heavy atom. The van der Waals surface area contributed by atoms with E-state index in [1.54, 1.807) is 18.2 Å². The molecule has 0 radical (unpaired) electrons. The minimum Gasteiger partial charge on any atom is -0.492 e. The first kappa shape index (κ1) is 18.7. The summed E-state index contributed by atoms with van der Waals surface area (Å²) in [5, 5.41) is 11.4. The van der Waals surface area contributed by atoms with Crippen LogP contribution in [0.2, 0.25) is 0 Å². The van der Waals surface area contributed by atoms with E-state index in [9.17, 15) is 9.90 Å². The summed E-state index contributed by atoms with van der Waals surface area (Å²) in [6, 6.07) is 14.8. The molecule has 0 aliphatic carbocycles. The Balaban J connectivity index is 1.53. The highest BCUT2D eigenvalue weighted by Gasteiger charge is 2.14. The second-order valence-electron chi connectivity index (χ2n) is 7.29. The normalized spacial score (nSPS) is 15.1. The molecule has 0 atom stereocenters. The largest absolute Gasteiger partial charge is 0.492 e. The first-order chi connectivity index (χ1) is 14.7. The summed E-state index contributed by atoms with van der Waals surface area (Å²) in [6.45, 7) is 4.83. The minimum atomic E-state index is -1.01. The number of hydrogen-bond donors (Lipinski definition) is 1. The molecule has 1 aliphatic rings. The number of benzene rings is 3. The number of morpholine rings is 1. The second-order valence-corrected chi connectivity index (χ2v) is 7.29. The molecule has 1 N–H and O–H groups in total. The van der Waals surface area contributed by atoms with Gasteiger partial charge in [-0.25, -0.2) is 14.8 Å². The van der Waals surface area contributed by atoms with Crippen LogP contribution in [-0.4, -0.2) is 65.4 Å². The zero-order chi connectivity index (χ0) is 20.5. The topological polar surface area (TPSA) is 84.8 Å². The standard InChI is InChI=1S/C23H21N3O4/c27-23(28)17-4-1-5-18-22(17)25-21-16-3-2-6-20(15(16)7-8-19(21)24-18)30-14-11-26-9-12-29-13-10-26/h1-8H,9-14H2,(H,27,28). The molecule has 0 amide bonds. The number of carboxylic acid groups (broad SMARTS) is 1. The van der Waals surface area contributed by atoms with E-state index in [0.717, 1.165) is 54.9 Å². The Bertz CT molecular complexity index is 1250. The van der Waals surface area contributed by atoms with Gasteiger partial charge in [0.15, 0.2) is 0 Å². The molecule has 0 saturated carbocycles. The number of rotatable bonds is 5. The number of carbonyl (C=O) groups is 1. The summed E-state index contributed by atoms with van der Waals surface area (Å²) < 4.78 is 11.5. The Hall–Kier alpha value is -3.29. The quantitative estimate of drug-likeness (QED) is 0.404. The molecule has 30 heavy (non-hydrogen) atoms. The zero-order valence-electron chi connectivity index (χ0n) is 16.4. The maximum atomic E-state index is 11.6. The molecule has 0 bridgehead atoms. The fraction of sp³-hybridized carbons (Fsp3) is 0.261. The lowest BCUT2D eigenvalue weighted by atomic mass is 10.1. The van der Waals surface area contributed by atoms with Crippen LogP contribution in [0.5, 0.6) is 5.75 Å². The van der Waals surface area contributed by atoms with Gasteiger partial charge < -0.3 is 14.6 Å². The highest BCUT2D eigenvalue weighted by molar-refractivity contribution is 6.10. The Kier molecular flexibility index (Phi) is 4.90. The number of nitrogens with zero attached hydrogens (tertiary/aromatic N) is 3. The molecule has 1 fully saturated rings. The van der Waals surface area contributed by atoms with Crippen molar-refractivity contribution in [3.63, 3.8) is 0 Å². The molecule has 152 valence electrons. The summed E-state index contributed by atoms with van der Waals surface area (Å²) in [4.78, 5) is 23.3. The van der Waals surface area contributed by atoms with Gasteiger partial charge in [0.2, 0.25) is 0 Å². The van der Waals surface area contributed by atoms with E-state index in [1.165, 1.54) is 0 Å². The maximum Gasteiger partial charge on any atom is 0.337 e. The smallest absolute Gasteiger partial charge is 0.337 e. The van der Waals surface area contributed by atoms with Crippen LogP contribution >= 0.6 is 0 Å². The minimum absolute atomic E-state index is 0.150. The van der Waals surface area contributed by atoms with Crippen molar-refractivity contribution in [3.8, 4) is 5.75 Å². The van der Waals surface area contributed by atoms with Gasteiger partial charge in [-0.1, -0.05) is 18.2 Å².